The van der Waals surface area contributed by atoms with Gasteiger partial charge in [0.05, 0.1) is 0 Å². The summed E-state index contributed by atoms with van der Waals surface area (Å²) in [6, 6.07) is 4.53. The van der Waals surface area contributed by atoms with Gasteiger partial charge >= 0.3 is 0 Å². The molecular weight excluding hydrogens is 246 g/mol. The Bertz CT molecular complexity index is 325. The average molecular weight is 271 g/mol. The zero-order valence-electron chi connectivity index (χ0n) is 11.7. The number of thiophene rings is 1. The van der Waals surface area contributed by atoms with Crippen molar-refractivity contribution in [2.24, 2.45) is 0 Å². The maximum atomic E-state index is 3.53. The summed E-state index contributed by atoms with van der Waals surface area (Å²) < 4.78 is 0. The van der Waals surface area contributed by atoms with Gasteiger partial charge in [0.15, 0.2) is 0 Å². The van der Waals surface area contributed by atoms with E-state index in [1.165, 1.54) is 16.2 Å². The Kier molecular flexibility index (Phi) is 6.04. The largest absolute Gasteiger partial charge is 0.312 e. The lowest BCUT2D eigenvalue weighted by molar-refractivity contribution is 0.604. The van der Waals surface area contributed by atoms with Gasteiger partial charge in [-0.2, -0.15) is 11.8 Å². The van der Waals surface area contributed by atoms with Gasteiger partial charge in [-0.3, -0.25) is 0 Å². The van der Waals surface area contributed by atoms with Crippen molar-refractivity contribution in [2.75, 3.05) is 12.8 Å². The first-order valence-corrected chi connectivity index (χ1v) is 8.36. The second kappa shape index (κ2) is 6.81. The van der Waals surface area contributed by atoms with Crippen LogP contribution in [0.4, 0.5) is 0 Å². The summed E-state index contributed by atoms with van der Waals surface area (Å²) in [7, 11) is 0. The van der Waals surface area contributed by atoms with Crippen molar-refractivity contribution in [1.82, 2.24) is 5.32 Å². The lowest BCUT2D eigenvalue weighted by Crippen LogP contribution is -2.17. The molecule has 1 heterocycles. The molecule has 1 atom stereocenters. The van der Waals surface area contributed by atoms with Crippen LogP contribution in [0.3, 0.4) is 0 Å². The van der Waals surface area contributed by atoms with E-state index in [-0.39, 0.29) is 5.41 Å². The molecular formula is C14H25NS2. The van der Waals surface area contributed by atoms with E-state index in [9.17, 15) is 0 Å². The summed E-state index contributed by atoms with van der Waals surface area (Å²) in [6.45, 7) is 11.2. The lowest BCUT2D eigenvalue weighted by atomic mass is 9.95. The molecule has 0 aliphatic carbocycles. The van der Waals surface area contributed by atoms with Gasteiger partial charge in [-0.25, -0.2) is 0 Å². The van der Waals surface area contributed by atoms with Crippen LogP contribution < -0.4 is 5.32 Å². The zero-order chi connectivity index (χ0) is 12.9. The first-order chi connectivity index (χ1) is 7.93. The highest BCUT2D eigenvalue weighted by Crippen LogP contribution is 2.29. The predicted octanol–water partition coefficient (Wildman–Crippen LogP) is 4.28. The Morgan fingerprint density at radius 2 is 2.06 bits per heavy atom. The van der Waals surface area contributed by atoms with Crippen molar-refractivity contribution in [3.05, 3.63) is 21.9 Å². The second-order valence-corrected chi connectivity index (χ2v) is 7.97. The van der Waals surface area contributed by atoms with E-state index in [2.05, 4.69) is 51.4 Å². The number of hydrogen-bond acceptors (Lipinski definition) is 3. The van der Waals surface area contributed by atoms with E-state index in [0.717, 1.165) is 18.3 Å². The lowest BCUT2D eigenvalue weighted by Gasteiger charge is -2.15. The van der Waals surface area contributed by atoms with Gasteiger partial charge in [0.1, 0.15) is 0 Å². The topological polar surface area (TPSA) is 12.0 Å². The fourth-order valence-corrected chi connectivity index (χ4v) is 2.90. The van der Waals surface area contributed by atoms with Gasteiger partial charge in [0.25, 0.3) is 0 Å². The van der Waals surface area contributed by atoms with Crippen LogP contribution in [0, 0.1) is 0 Å². The van der Waals surface area contributed by atoms with Crippen molar-refractivity contribution >= 4 is 23.1 Å². The fraction of sp³-hybridized carbons (Fsp3) is 0.714. The summed E-state index contributed by atoms with van der Waals surface area (Å²) in [4.78, 5) is 2.93. The highest BCUT2D eigenvalue weighted by molar-refractivity contribution is 7.99. The first kappa shape index (κ1) is 15.1. The smallest absolute Gasteiger partial charge is 0.0299 e. The monoisotopic (exact) mass is 271 g/mol. The highest BCUT2D eigenvalue weighted by Gasteiger charge is 2.15. The Morgan fingerprint density at radius 3 is 2.59 bits per heavy atom. The van der Waals surface area contributed by atoms with E-state index in [1.807, 2.05) is 23.1 Å². The molecule has 0 aliphatic heterocycles. The predicted molar refractivity (Wildman–Crippen MR) is 82.3 cm³/mol. The molecule has 0 saturated heterocycles. The van der Waals surface area contributed by atoms with Crippen molar-refractivity contribution in [1.29, 1.82) is 0 Å². The van der Waals surface area contributed by atoms with E-state index in [4.69, 9.17) is 0 Å². The van der Waals surface area contributed by atoms with Crippen LogP contribution in [0.25, 0.3) is 0 Å². The molecule has 0 spiro atoms. The van der Waals surface area contributed by atoms with Gasteiger partial charge in [-0.15, -0.1) is 11.3 Å². The molecule has 0 amide bonds. The number of rotatable bonds is 6. The zero-order valence-corrected chi connectivity index (χ0v) is 13.3. The normalized spacial score (nSPS) is 13.9. The van der Waals surface area contributed by atoms with Crippen LogP contribution in [0.2, 0.25) is 0 Å². The summed E-state index contributed by atoms with van der Waals surface area (Å²) in [6.07, 6.45) is 3.43. The van der Waals surface area contributed by atoms with Crippen LogP contribution in [0.1, 0.15) is 43.9 Å². The molecule has 1 nitrogen and oxygen atoms in total. The van der Waals surface area contributed by atoms with Crippen LogP contribution in [0.5, 0.6) is 0 Å². The third-order valence-corrected chi connectivity index (χ3v) is 5.38. The van der Waals surface area contributed by atoms with Crippen LogP contribution in [0.15, 0.2) is 12.1 Å². The van der Waals surface area contributed by atoms with Crippen molar-refractivity contribution in [3.63, 3.8) is 0 Å². The molecule has 0 fully saturated rings. The molecule has 1 rings (SSSR count). The molecule has 1 unspecified atom stereocenters. The standard InChI is InChI=1S/C14H25NS2/c1-11(16-5)8-9-15-10-12-6-7-13(17-12)14(2,3)4/h6-7,11,15H,8-10H2,1-5H3. The molecule has 1 N–H and O–H groups in total. The first-order valence-electron chi connectivity index (χ1n) is 6.26. The summed E-state index contributed by atoms with van der Waals surface area (Å²) >= 11 is 3.88. The summed E-state index contributed by atoms with van der Waals surface area (Å²) in [5.74, 6) is 0. The van der Waals surface area contributed by atoms with Gasteiger partial charge in [0, 0.05) is 21.5 Å². The van der Waals surface area contributed by atoms with E-state index in [1.54, 1.807) is 0 Å². The number of hydrogen-bond donors (Lipinski definition) is 1. The fourth-order valence-electron chi connectivity index (χ4n) is 1.51. The van der Waals surface area contributed by atoms with Gasteiger partial charge in [-0.05, 0) is 36.8 Å². The molecule has 98 valence electrons. The van der Waals surface area contributed by atoms with E-state index < -0.39 is 0 Å². The Morgan fingerprint density at radius 1 is 1.35 bits per heavy atom. The van der Waals surface area contributed by atoms with Crippen LogP contribution in [-0.2, 0) is 12.0 Å². The third kappa shape index (κ3) is 5.45. The van der Waals surface area contributed by atoms with Crippen LogP contribution in [-0.4, -0.2) is 18.1 Å². The van der Waals surface area contributed by atoms with Gasteiger partial charge in [-0.1, -0.05) is 27.7 Å². The van der Waals surface area contributed by atoms with Crippen LogP contribution >= 0.6 is 23.1 Å². The number of nitrogens with one attached hydrogen (secondary N) is 1. The molecule has 0 saturated carbocycles. The quantitative estimate of drug-likeness (QED) is 0.775. The van der Waals surface area contributed by atoms with Gasteiger partial charge < -0.3 is 5.32 Å². The maximum Gasteiger partial charge on any atom is 0.0299 e. The molecule has 1 aromatic rings. The van der Waals surface area contributed by atoms with E-state index in [0.29, 0.717) is 0 Å². The molecule has 0 aliphatic rings. The Hall–Kier alpha value is 0.01000. The molecule has 1 aromatic heterocycles. The molecule has 3 heteroatoms. The van der Waals surface area contributed by atoms with Crippen molar-refractivity contribution in [3.8, 4) is 0 Å². The molecule has 0 aromatic carbocycles. The minimum Gasteiger partial charge on any atom is -0.312 e. The molecule has 0 bridgehead atoms. The third-order valence-electron chi connectivity index (χ3n) is 2.83. The van der Waals surface area contributed by atoms with Crippen molar-refractivity contribution in [2.45, 2.75) is 51.3 Å². The second-order valence-electron chi connectivity index (χ2n) is 5.53. The SMILES string of the molecule is CSC(C)CCNCc1ccc(C(C)(C)C)s1. The molecule has 17 heavy (non-hydrogen) atoms. The minimum absolute atomic E-state index is 0.288. The Balaban J connectivity index is 2.31. The number of thioether (sulfide) groups is 1. The van der Waals surface area contributed by atoms with Crippen molar-refractivity contribution < 1.29 is 0 Å². The highest BCUT2D eigenvalue weighted by atomic mass is 32.2. The average Bonchev–Trinajstić information content (AvgIpc) is 2.72. The minimum atomic E-state index is 0.288. The Labute approximate surface area is 114 Å². The van der Waals surface area contributed by atoms with E-state index >= 15 is 0 Å². The van der Waals surface area contributed by atoms with Gasteiger partial charge in [0.2, 0.25) is 0 Å². The summed E-state index contributed by atoms with van der Waals surface area (Å²) in [5, 5.41) is 4.29. The maximum absolute atomic E-state index is 3.53. The molecule has 0 radical (unpaired) electrons. The summed E-state index contributed by atoms with van der Waals surface area (Å²) in [5.41, 5.74) is 0.288.